The van der Waals surface area contributed by atoms with E-state index in [4.69, 9.17) is 4.74 Å². The summed E-state index contributed by atoms with van der Waals surface area (Å²) >= 11 is 1.29. The van der Waals surface area contributed by atoms with Crippen LogP contribution in [0.5, 0.6) is 0 Å². The highest BCUT2D eigenvalue weighted by Crippen LogP contribution is 2.40. The number of benzene rings is 2. The number of aryl methyl sites for hydroxylation is 1. The van der Waals surface area contributed by atoms with Crippen LogP contribution in [0.25, 0.3) is 11.1 Å². The van der Waals surface area contributed by atoms with Gasteiger partial charge in [0.25, 0.3) is 5.91 Å². The lowest BCUT2D eigenvalue weighted by Crippen LogP contribution is -2.15. The first-order chi connectivity index (χ1) is 13.0. The number of ether oxygens (including phenoxy) is 1. The Hall–Kier alpha value is -2.99. The van der Waals surface area contributed by atoms with Crippen molar-refractivity contribution >= 4 is 28.2 Å². The second-order valence-corrected chi connectivity index (χ2v) is 7.01. The predicted octanol–water partition coefficient (Wildman–Crippen LogP) is 5.29. The zero-order valence-corrected chi connectivity index (χ0v) is 15.7. The van der Waals surface area contributed by atoms with E-state index in [9.17, 15) is 14.0 Å². The molecule has 0 radical (unpaired) electrons. The van der Waals surface area contributed by atoms with E-state index in [1.807, 2.05) is 37.3 Å². The van der Waals surface area contributed by atoms with Crippen molar-refractivity contribution in [3.8, 4) is 11.1 Å². The van der Waals surface area contributed by atoms with Gasteiger partial charge >= 0.3 is 5.97 Å². The van der Waals surface area contributed by atoms with Gasteiger partial charge in [0.05, 0.1) is 6.61 Å². The molecule has 4 nitrogen and oxygen atoms in total. The molecule has 1 heterocycles. The van der Waals surface area contributed by atoms with Crippen LogP contribution in [0.15, 0.2) is 54.6 Å². The fourth-order valence-electron chi connectivity index (χ4n) is 2.79. The third-order valence-corrected chi connectivity index (χ3v) is 4.96. The largest absolute Gasteiger partial charge is 0.462 e. The first-order valence-corrected chi connectivity index (χ1v) is 9.25. The van der Waals surface area contributed by atoms with Crippen molar-refractivity contribution in [1.82, 2.24) is 0 Å². The summed E-state index contributed by atoms with van der Waals surface area (Å²) in [4.78, 5) is 26.0. The van der Waals surface area contributed by atoms with E-state index in [0.717, 1.165) is 22.1 Å². The Kier molecular flexibility index (Phi) is 5.66. The third-order valence-electron chi connectivity index (χ3n) is 3.94. The summed E-state index contributed by atoms with van der Waals surface area (Å²) in [5.74, 6) is -1.49. The zero-order chi connectivity index (χ0) is 19.4. The lowest BCUT2D eigenvalue weighted by atomic mass is 10.0. The highest BCUT2D eigenvalue weighted by atomic mass is 32.1. The molecule has 0 atom stereocenters. The van der Waals surface area contributed by atoms with Crippen LogP contribution in [0, 0.1) is 12.7 Å². The number of hydrogen-bond acceptors (Lipinski definition) is 4. The summed E-state index contributed by atoms with van der Waals surface area (Å²) < 4.78 is 18.6. The van der Waals surface area contributed by atoms with Gasteiger partial charge in [-0.15, -0.1) is 11.3 Å². The highest BCUT2D eigenvalue weighted by molar-refractivity contribution is 7.17. The number of nitrogens with one attached hydrogen (secondary N) is 1. The van der Waals surface area contributed by atoms with Crippen LogP contribution in [0.2, 0.25) is 0 Å². The summed E-state index contributed by atoms with van der Waals surface area (Å²) in [6.07, 6.45) is 0. The first-order valence-electron chi connectivity index (χ1n) is 8.44. The average molecular weight is 383 g/mol. The molecule has 1 N–H and O–H groups in total. The maximum atomic E-state index is 13.4. The minimum atomic E-state index is -0.504. The zero-order valence-electron chi connectivity index (χ0n) is 14.9. The van der Waals surface area contributed by atoms with E-state index < -0.39 is 17.7 Å². The van der Waals surface area contributed by atoms with Gasteiger partial charge in [-0.25, -0.2) is 9.18 Å². The van der Waals surface area contributed by atoms with Gasteiger partial charge in [0.2, 0.25) is 0 Å². The number of hydrogen-bond donors (Lipinski definition) is 1. The summed E-state index contributed by atoms with van der Waals surface area (Å²) in [6.45, 7) is 3.83. The summed E-state index contributed by atoms with van der Waals surface area (Å²) in [6, 6.07) is 14.8. The van der Waals surface area contributed by atoms with Crippen molar-refractivity contribution in [3.05, 3.63) is 76.4 Å². The minimum Gasteiger partial charge on any atom is -0.462 e. The molecule has 0 spiro atoms. The third kappa shape index (κ3) is 4.06. The second-order valence-electron chi connectivity index (χ2n) is 5.79. The van der Waals surface area contributed by atoms with E-state index >= 15 is 0 Å². The van der Waals surface area contributed by atoms with Gasteiger partial charge < -0.3 is 10.1 Å². The lowest BCUT2D eigenvalue weighted by Gasteiger charge is -2.09. The summed E-state index contributed by atoms with van der Waals surface area (Å²) in [7, 11) is 0. The standard InChI is InChI=1S/C21H18FNO3S/c1-3-26-21(25)18-17(14-8-5-4-6-9-14)13(2)27-20(18)23-19(24)15-10-7-11-16(22)12-15/h4-12H,3H2,1-2H3,(H,23,24). The maximum absolute atomic E-state index is 13.4. The molecule has 0 aliphatic rings. The molecule has 27 heavy (non-hydrogen) atoms. The fraction of sp³-hybridized carbons (Fsp3) is 0.143. The Morgan fingerprint density at radius 3 is 2.52 bits per heavy atom. The van der Waals surface area contributed by atoms with Gasteiger partial charge in [0.1, 0.15) is 16.4 Å². The summed E-state index contributed by atoms with van der Waals surface area (Å²) in [5, 5.41) is 3.12. The molecule has 6 heteroatoms. The number of thiophene rings is 1. The molecule has 138 valence electrons. The van der Waals surface area contributed by atoms with Crippen LogP contribution >= 0.6 is 11.3 Å². The van der Waals surface area contributed by atoms with Gasteiger partial charge in [0, 0.05) is 16.0 Å². The Morgan fingerprint density at radius 2 is 1.85 bits per heavy atom. The van der Waals surface area contributed by atoms with Crippen LogP contribution in [0.3, 0.4) is 0 Å². The highest BCUT2D eigenvalue weighted by Gasteiger charge is 2.25. The molecule has 0 aliphatic carbocycles. The van der Waals surface area contributed by atoms with Crippen LogP contribution in [0.1, 0.15) is 32.5 Å². The monoisotopic (exact) mass is 383 g/mol. The van der Waals surface area contributed by atoms with Crippen LogP contribution < -0.4 is 5.32 Å². The van der Waals surface area contributed by atoms with Gasteiger partial charge in [-0.2, -0.15) is 0 Å². The Bertz CT molecular complexity index is 982. The van der Waals surface area contributed by atoms with Crippen molar-refractivity contribution in [2.24, 2.45) is 0 Å². The molecule has 0 unspecified atom stereocenters. The van der Waals surface area contributed by atoms with Crippen molar-refractivity contribution in [2.75, 3.05) is 11.9 Å². The molecule has 3 aromatic rings. The van der Waals surface area contributed by atoms with Crippen molar-refractivity contribution in [1.29, 1.82) is 0 Å². The Labute approximate surface area is 160 Å². The van der Waals surface area contributed by atoms with Crippen molar-refractivity contribution in [3.63, 3.8) is 0 Å². The van der Waals surface area contributed by atoms with Gasteiger partial charge in [-0.1, -0.05) is 36.4 Å². The smallest absolute Gasteiger partial charge is 0.341 e. The number of carbonyl (C=O) groups excluding carboxylic acids is 2. The number of carbonyl (C=O) groups is 2. The molecule has 0 fully saturated rings. The number of halogens is 1. The molecule has 0 saturated heterocycles. The molecule has 3 rings (SSSR count). The predicted molar refractivity (Wildman–Crippen MR) is 105 cm³/mol. The molecule has 1 aromatic heterocycles. The van der Waals surface area contributed by atoms with Gasteiger partial charge in [-0.3, -0.25) is 4.79 Å². The van der Waals surface area contributed by atoms with Gasteiger partial charge in [0.15, 0.2) is 0 Å². The van der Waals surface area contributed by atoms with Gasteiger partial charge in [-0.05, 0) is 37.6 Å². The summed E-state index contributed by atoms with van der Waals surface area (Å²) in [5.41, 5.74) is 2.08. The number of rotatable bonds is 5. The number of amides is 1. The van der Waals surface area contributed by atoms with Crippen LogP contribution in [0.4, 0.5) is 9.39 Å². The topological polar surface area (TPSA) is 55.4 Å². The quantitative estimate of drug-likeness (QED) is 0.609. The average Bonchev–Trinajstić information content (AvgIpc) is 2.98. The lowest BCUT2D eigenvalue weighted by molar-refractivity contribution is 0.0529. The second kappa shape index (κ2) is 8.14. The number of esters is 1. The van der Waals surface area contributed by atoms with E-state index in [2.05, 4.69) is 5.32 Å². The normalized spacial score (nSPS) is 10.5. The number of anilines is 1. The van der Waals surface area contributed by atoms with E-state index in [0.29, 0.717) is 10.6 Å². The van der Waals surface area contributed by atoms with Crippen LogP contribution in [-0.4, -0.2) is 18.5 Å². The molecule has 0 bridgehead atoms. The molecule has 1 amide bonds. The molecular formula is C21H18FNO3S. The van der Waals surface area contributed by atoms with Crippen molar-refractivity contribution in [2.45, 2.75) is 13.8 Å². The van der Waals surface area contributed by atoms with E-state index in [1.165, 1.54) is 29.5 Å². The van der Waals surface area contributed by atoms with Crippen LogP contribution in [-0.2, 0) is 4.74 Å². The van der Waals surface area contributed by atoms with E-state index in [-0.39, 0.29) is 12.2 Å². The molecule has 0 aliphatic heterocycles. The molecule has 0 saturated carbocycles. The molecular weight excluding hydrogens is 365 g/mol. The SMILES string of the molecule is CCOC(=O)c1c(NC(=O)c2cccc(F)c2)sc(C)c1-c1ccccc1. The fourth-order valence-corrected chi connectivity index (χ4v) is 3.85. The maximum Gasteiger partial charge on any atom is 0.341 e. The first kappa shape index (κ1) is 18.8. The Balaban J connectivity index is 2.05. The van der Waals surface area contributed by atoms with Crippen molar-refractivity contribution < 1.29 is 18.7 Å². The Morgan fingerprint density at radius 1 is 1.11 bits per heavy atom. The minimum absolute atomic E-state index is 0.178. The molecule has 2 aromatic carbocycles. The van der Waals surface area contributed by atoms with E-state index in [1.54, 1.807) is 6.92 Å².